The Morgan fingerprint density at radius 1 is 1.16 bits per heavy atom. The van der Waals surface area contributed by atoms with Crippen LogP contribution >= 0.6 is 0 Å². The van der Waals surface area contributed by atoms with Gasteiger partial charge in [-0.05, 0) is 23.8 Å². The molecule has 2 N–H and O–H groups in total. The molecule has 1 fully saturated rings. The summed E-state index contributed by atoms with van der Waals surface area (Å²) in [5.74, 6) is -0.765. The van der Waals surface area contributed by atoms with Crippen LogP contribution < -0.4 is 10.1 Å². The highest BCUT2D eigenvalue weighted by molar-refractivity contribution is 5.96. The van der Waals surface area contributed by atoms with Crippen LogP contribution in [0.2, 0.25) is 0 Å². The van der Waals surface area contributed by atoms with E-state index >= 15 is 0 Å². The standard InChI is InChI=1S/C19H19NO5/c21-18(11-13-5-1-2-6-15(13)19(22)23)20-16-7-3-4-8-17(16)25-14-9-10-24-12-14/h1-8,14H,9-12H2,(H,20,21)(H,22,23). The van der Waals surface area contributed by atoms with Gasteiger partial charge in [-0.3, -0.25) is 4.79 Å². The minimum Gasteiger partial charge on any atom is -0.486 e. The van der Waals surface area contributed by atoms with Crippen molar-refractivity contribution in [3.8, 4) is 5.75 Å². The largest absolute Gasteiger partial charge is 0.486 e. The lowest BCUT2D eigenvalue weighted by molar-refractivity contribution is -0.115. The number of hydrogen-bond donors (Lipinski definition) is 2. The predicted molar refractivity (Wildman–Crippen MR) is 92.0 cm³/mol. The molecule has 1 amide bonds. The number of nitrogens with one attached hydrogen (secondary N) is 1. The van der Waals surface area contributed by atoms with Gasteiger partial charge in [-0.25, -0.2) is 4.79 Å². The number of ether oxygens (including phenoxy) is 2. The molecule has 1 unspecified atom stereocenters. The van der Waals surface area contributed by atoms with Crippen LogP contribution in [-0.2, 0) is 16.0 Å². The number of benzene rings is 2. The Balaban J connectivity index is 1.70. The molecule has 130 valence electrons. The molecular weight excluding hydrogens is 322 g/mol. The van der Waals surface area contributed by atoms with Crippen molar-refractivity contribution >= 4 is 17.6 Å². The second kappa shape index (κ2) is 7.81. The van der Waals surface area contributed by atoms with Crippen LogP contribution in [0.4, 0.5) is 5.69 Å². The Morgan fingerprint density at radius 2 is 1.92 bits per heavy atom. The zero-order valence-electron chi connectivity index (χ0n) is 13.6. The molecule has 3 rings (SSSR count). The predicted octanol–water partition coefficient (Wildman–Crippen LogP) is 2.73. The van der Waals surface area contributed by atoms with Crippen LogP contribution in [0.5, 0.6) is 5.75 Å². The first kappa shape index (κ1) is 17.0. The van der Waals surface area contributed by atoms with Crippen LogP contribution in [-0.4, -0.2) is 36.3 Å². The molecule has 1 saturated heterocycles. The van der Waals surface area contributed by atoms with E-state index in [9.17, 15) is 14.7 Å². The molecule has 0 aliphatic carbocycles. The Labute approximate surface area is 145 Å². The quantitative estimate of drug-likeness (QED) is 0.844. The van der Waals surface area contributed by atoms with E-state index in [0.29, 0.717) is 30.2 Å². The fourth-order valence-corrected chi connectivity index (χ4v) is 2.71. The summed E-state index contributed by atoms with van der Waals surface area (Å²) in [5, 5.41) is 12.0. The summed E-state index contributed by atoms with van der Waals surface area (Å²) in [7, 11) is 0. The molecule has 6 nitrogen and oxygen atoms in total. The molecule has 0 aromatic heterocycles. The van der Waals surface area contributed by atoms with Crippen molar-refractivity contribution < 1.29 is 24.2 Å². The van der Waals surface area contributed by atoms with E-state index in [-0.39, 0.29) is 24.0 Å². The van der Waals surface area contributed by atoms with Gasteiger partial charge in [0.25, 0.3) is 0 Å². The molecule has 25 heavy (non-hydrogen) atoms. The van der Waals surface area contributed by atoms with E-state index in [1.165, 1.54) is 6.07 Å². The zero-order chi connectivity index (χ0) is 17.6. The summed E-state index contributed by atoms with van der Waals surface area (Å²) in [5.41, 5.74) is 1.16. The fourth-order valence-electron chi connectivity index (χ4n) is 2.71. The van der Waals surface area contributed by atoms with Gasteiger partial charge in [-0.2, -0.15) is 0 Å². The number of carboxylic acids is 1. The number of amides is 1. The van der Waals surface area contributed by atoms with Gasteiger partial charge in [-0.1, -0.05) is 30.3 Å². The van der Waals surface area contributed by atoms with Crippen LogP contribution in [0.15, 0.2) is 48.5 Å². The topological polar surface area (TPSA) is 84.9 Å². The normalized spacial score (nSPS) is 16.4. The smallest absolute Gasteiger partial charge is 0.335 e. The molecule has 6 heteroatoms. The van der Waals surface area contributed by atoms with Crippen LogP contribution in [0.1, 0.15) is 22.3 Å². The third kappa shape index (κ3) is 4.36. The number of carboxylic acid groups (broad SMARTS) is 1. The Bertz CT molecular complexity index is 768. The van der Waals surface area contributed by atoms with Crippen LogP contribution in [0.3, 0.4) is 0 Å². The molecular formula is C19H19NO5. The minimum absolute atomic E-state index is 0.0224. The summed E-state index contributed by atoms with van der Waals surface area (Å²) in [6, 6.07) is 13.7. The molecule has 2 aromatic rings. The summed E-state index contributed by atoms with van der Waals surface area (Å²) >= 11 is 0. The van der Waals surface area contributed by atoms with Gasteiger partial charge >= 0.3 is 5.97 Å². The van der Waals surface area contributed by atoms with E-state index in [4.69, 9.17) is 9.47 Å². The maximum absolute atomic E-state index is 12.4. The van der Waals surface area contributed by atoms with Gasteiger partial charge in [0, 0.05) is 6.42 Å². The van der Waals surface area contributed by atoms with Gasteiger partial charge in [0.1, 0.15) is 11.9 Å². The van der Waals surface area contributed by atoms with Crippen molar-refractivity contribution in [2.45, 2.75) is 18.9 Å². The molecule has 2 aromatic carbocycles. The minimum atomic E-state index is -1.05. The monoisotopic (exact) mass is 341 g/mol. The second-order valence-electron chi connectivity index (χ2n) is 5.79. The summed E-state index contributed by atoms with van der Waals surface area (Å²) < 4.78 is 11.2. The average molecular weight is 341 g/mol. The van der Waals surface area contributed by atoms with Gasteiger partial charge < -0.3 is 19.9 Å². The highest BCUT2D eigenvalue weighted by Gasteiger charge is 2.19. The molecule has 1 heterocycles. The molecule has 0 saturated carbocycles. The SMILES string of the molecule is O=C(Cc1ccccc1C(=O)O)Nc1ccccc1OC1CCOC1. The van der Waals surface area contributed by atoms with Crippen LogP contribution in [0.25, 0.3) is 0 Å². The number of carbonyl (C=O) groups is 2. The van der Waals surface area contributed by atoms with Gasteiger partial charge in [0.15, 0.2) is 0 Å². The van der Waals surface area contributed by atoms with Gasteiger partial charge in [0.05, 0.1) is 30.9 Å². The first-order valence-electron chi connectivity index (χ1n) is 8.08. The van der Waals surface area contributed by atoms with Crippen molar-refractivity contribution in [3.63, 3.8) is 0 Å². The third-order valence-electron chi connectivity index (χ3n) is 3.94. The number of aromatic carboxylic acids is 1. The number of carbonyl (C=O) groups excluding carboxylic acids is 1. The first-order valence-corrected chi connectivity index (χ1v) is 8.08. The van der Waals surface area contributed by atoms with Crippen molar-refractivity contribution in [2.24, 2.45) is 0 Å². The highest BCUT2D eigenvalue weighted by atomic mass is 16.5. The Hall–Kier alpha value is -2.86. The maximum atomic E-state index is 12.4. The highest BCUT2D eigenvalue weighted by Crippen LogP contribution is 2.27. The van der Waals surface area contributed by atoms with Crippen molar-refractivity contribution in [2.75, 3.05) is 18.5 Å². The maximum Gasteiger partial charge on any atom is 0.335 e. The molecule has 0 radical (unpaired) electrons. The Morgan fingerprint density at radius 3 is 2.68 bits per heavy atom. The van der Waals surface area contributed by atoms with E-state index in [2.05, 4.69) is 5.32 Å². The molecule has 1 aliphatic rings. The van der Waals surface area contributed by atoms with Gasteiger partial charge in [-0.15, -0.1) is 0 Å². The number of para-hydroxylation sites is 2. The summed E-state index contributed by atoms with van der Waals surface area (Å²) in [6.45, 7) is 1.21. The van der Waals surface area contributed by atoms with E-state index in [1.54, 1.807) is 36.4 Å². The average Bonchev–Trinajstić information content (AvgIpc) is 3.10. The second-order valence-corrected chi connectivity index (χ2v) is 5.79. The number of hydrogen-bond acceptors (Lipinski definition) is 4. The van der Waals surface area contributed by atoms with Crippen molar-refractivity contribution in [1.82, 2.24) is 0 Å². The molecule has 1 atom stereocenters. The van der Waals surface area contributed by atoms with Crippen LogP contribution in [0, 0.1) is 0 Å². The molecule has 0 bridgehead atoms. The lowest BCUT2D eigenvalue weighted by Crippen LogP contribution is -2.19. The van der Waals surface area contributed by atoms with Gasteiger partial charge in [0.2, 0.25) is 5.91 Å². The summed E-state index contributed by atoms with van der Waals surface area (Å²) in [6.07, 6.45) is 0.767. The lowest BCUT2D eigenvalue weighted by Gasteiger charge is -2.16. The van der Waals surface area contributed by atoms with E-state index < -0.39 is 5.97 Å². The first-order chi connectivity index (χ1) is 12.1. The zero-order valence-corrected chi connectivity index (χ0v) is 13.6. The van der Waals surface area contributed by atoms with Crippen molar-refractivity contribution in [1.29, 1.82) is 0 Å². The molecule has 0 spiro atoms. The fraction of sp³-hybridized carbons (Fsp3) is 0.263. The third-order valence-corrected chi connectivity index (χ3v) is 3.94. The Kier molecular flexibility index (Phi) is 5.30. The lowest BCUT2D eigenvalue weighted by atomic mass is 10.0. The number of rotatable bonds is 6. The van der Waals surface area contributed by atoms with E-state index in [1.807, 2.05) is 6.07 Å². The molecule has 1 aliphatic heterocycles. The van der Waals surface area contributed by atoms with Crippen molar-refractivity contribution in [3.05, 3.63) is 59.7 Å². The van der Waals surface area contributed by atoms with E-state index in [0.717, 1.165) is 6.42 Å². The summed E-state index contributed by atoms with van der Waals surface area (Å²) in [4.78, 5) is 23.6. The number of anilines is 1.